The summed E-state index contributed by atoms with van der Waals surface area (Å²) in [5.74, 6) is 0.353. The monoisotopic (exact) mass is 241 g/mol. The molecular formula is C10H5Cl2NO2. The Bertz CT molecular complexity index is 491. The minimum atomic E-state index is -0.0537. The van der Waals surface area contributed by atoms with Gasteiger partial charge < -0.3 is 4.42 Å². The molecule has 0 aliphatic carbocycles. The van der Waals surface area contributed by atoms with E-state index in [1.807, 2.05) is 0 Å². The van der Waals surface area contributed by atoms with Crippen molar-refractivity contribution in [3.8, 4) is 11.3 Å². The van der Waals surface area contributed by atoms with E-state index in [1.165, 1.54) is 0 Å². The molecule has 1 heterocycles. The molecule has 2 aromatic rings. The Morgan fingerprint density at radius 3 is 2.47 bits per heavy atom. The first-order chi connectivity index (χ1) is 7.20. The number of carbonyl (C=O) groups excluding carboxylic acids is 1. The zero-order valence-electron chi connectivity index (χ0n) is 7.41. The van der Waals surface area contributed by atoms with E-state index in [9.17, 15) is 4.79 Å². The molecule has 0 amide bonds. The maximum absolute atomic E-state index is 10.7. The van der Waals surface area contributed by atoms with E-state index >= 15 is 0 Å². The number of oxazole rings is 1. The summed E-state index contributed by atoms with van der Waals surface area (Å²) in [4.78, 5) is 14.4. The van der Waals surface area contributed by atoms with E-state index in [1.54, 1.807) is 24.3 Å². The fraction of sp³-hybridized carbons (Fsp3) is 0. The number of hydrogen-bond donors (Lipinski definition) is 0. The van der Waals surface area contributed by atoms with Crippen LogP contribution in [0.2, 0.25) is 10.4 Å². The minimum Gasteiger partial charge on any atom is -0.427 e. The second-order valence-electron chi connectivity index (χ2n) is 2.81. The number of aldehydes is 1. The summed E-state index contributed by atoms with van der Waals surface area (Å²) in [5, 5.41) is 0.555. The van der Waals surface area contributed by atoms with Crippen molar-refractivity contribution in [1.82, 2.24) is 4.98 Å². The Labute approximate surface area is 95.6 Å². The SMILES string of the molecule is O=Cc1nc(Cl)oc1-c1ccc(Cl)cc1. The lowest BCUT2D eigenvalue weighted by molar-refractivity contribution is 0.112. The van der Waals surface area contributed by atoms with E-state index < -0.39 is 0 Å². The van der Waals surface area contributed by atoms with Gasteiger partial charge in [-0.25, -0.2) is 0 Å². The van der Waals surface area contributed by atoms with Crippen molar-refractivity contribution in [3.63, 3.8) is 0 Å². The number of rotatable bonds is 2. The van der Waals surface area contributed by atoms with Crippen LogP contribution in [0.25, 0.3) is 11.3 Å². The second kappa shape index (κ2) is 4.04. The van der Waals surface area contributed by atoms with Crippen molar-refractivity contribution < 1.29 is 9.21 Å². The number of benzene rings is 1. The summed E-state index contributed by atoms with van der Waals surface area (Å²) in [6.45, 7) is 0. The Hall–Kier alpha value is -1.32. The van der Waals surface area contributed by atoms with Gasteiger partial charge in [-0.05, 0) is 35.9 Å². The van der Waals surface area contributed by atoms with Gasteiger partial charge in [-0.2, -0.15) is 4.98 Å². The van der Waals surface area contributed by atoms with Crippen LogP contribution in [0.5, 0.6) is 0 Å². The molecule has 0 unspecified atom stereocenters. The molecule has 0 radical (unpaired) electrons. The maximum atomic E-state index is 10.7. The molecule has 2 rings (SSSR count). The fourth-order valence-electron chi connectivity index (χ4n) is 1.19. The van der Waals surface area contributed by atoms with Gasteiger partial charge in [-0.15, -0.1) is 0 Å². The molecule has 76 valence electrons. The van der Waals surface area contributed by atoms with Crippen LogP contribution < -0.4 is 0 Å². The van der Waals surface area contributed by atoms with E-state index in [0.29, 0.717) is 22.6 Å². The molecule has 0 bridgehead atoms. The van der Waals surface area contributed by atoms with E-state index in [4.69, 9.17) is 27.6 Å². The first-order valence-electron chi connectivity index (χ1n) is 4.08. The predicted molar refractivity (Wildman–Crippen MR) is 57.3 cm³/mol. The van der Waals surface area contributed by atoms with Gasteiger partial charge in [0, 0.05) is 10.6 Å². The Morgan fingerprint density at radius 2 is 1.87 bits per heavy atom. The average Bonchev–Trinajstić information content (AvgIpc) is 2.61. The molecule has 3 nitrogen and oxygen atoms in total. The summed E-state index contributed by atoms with van der Waals surface area (Å²) in [7, 11) is 0. The third kappa shape index (κ3) is 2.03. The molecule has 0 atom stereocenters. The molecule has 0 spiro atoms. The minimum absolute atomic E-state index is 0.0537. The number of halogens is 2. The van der Waals surface area contributed by atoms with Crippen molar-refractivity contribution in [1.29, 1.82) is 0 Å². The molecule has 0 aliphatic heterocycles. The highest BCUT2D eigenvalue weighted by molar-refractivity contribution is 6.30. The molecule has 0 saturated heterocycles. The zero-order valence-corrected chi connectivity index (χ0v) is 8.92. The van der Waals surface area contributed by atoms with E-state index in [0.717, 1.165) is 0 Å². The maximum Gasteiger partial charge on any atom is 0.293 e. The molecule has 0 N–H and O–H groups in total. The lowest BCUT2D eigenvalue weighted by Gasteiger charge is -1.96. The van der Waals surface area contributed by atoms with Gasteiger partial charge in [-0.3, -0.25) is 4.79 Å². The highest BCUT2D eigenvalue weighted by atomic mass is 35.5. The first kappa shape index (κ1) is 10.2. The fourth-order valence-corrected chi connectivity index (χ4v) is 1.49. The predicted octanol–water partition coefficient (Wildman–Crippen LogP) is 3.46. The van der Waals surface area contributed by atoms with Crippen LogP contribution in [-0.4, -0.2) is 11.3 Å². The summed E-state index contributed by atoms with van der Waals surface area (Å²) in [6, 6.07) is 6.85. The van der Waals surface area contributed by atoms with E-state index in [-0.39, 0.29) is 11.0 Å². The molecule has 0 saturated carbocycles. The Balaban J connectivity index is 2.52. The van der Waals surface area contributed by atoms with Crippen LogP contribution in [0.4, 0.5) is 0 Å². The summed E-state index contributed by atoms with van der Waals surface area (Å²) < 4.78 is 5.11. The van der Waals surface area contributed by atoms with Crippen LogP contribution in [0.15, 0.2) is 28.7 Å². The lowest BCUT2D eigenvalue weighted by Crippen LogP contribution is -1.83. The normalized spacial score (nSPS) is 10.3. The van der Waals surface area contributed by atoms with Crippen LogP contribution in [0.1, 0.15) is 10.5 Å². The van der Waals surface area contributed by atoms with Crippen molar-refractivity contribution in [2.75, 3.05) is 0 Å². The summed E-state index contributed by atoms with van der Waals surface area (Å²) >= 11 is 11.3. The van der Waals surface area contributed by atoms with Gasteiger partial charge in [-0.1, -0.05) is 11.6 Å². The van der Waals surface area contributed by atoms with Gasteiger partial charge in [0.2, 0.25) is 0 Å². The Morgan fingerprint density at radius 1 is 1.20 bits per heavy atom. The van der Waals surface area contributed by atoms with Gasteiger partial charge in [0.25, 0.3) is 5.35 Å². The number of carbonyl (C=O) groups is 1. The van der Waals surface area contributed by atoms with Gasteiger partial charge in [0.15, 0.2) is 17.7 Å². The zero-order chi connectivity index (χ0) is 10.8. The van der Waals surface area contributed by atoms with Crippen LogP contribution in [0.3, 0.4) is 0 Å². The number of hydrogen-bond acceptors (Lipinski definition) is 3. The quantitative estimate of drug-likeness (QED) is 0.757. The summed E-state index contributed by atoms with van der Waals surface area (Å²) in [6.07, 6.45) is 0.597. The van der Waals surface area contributed by atoms with Crippen LogP contribution in [-0.2, 0) is 0 Å². The van der Waals surface area contributed by atoms with Crippen molar-refractivity contribution in [3.05, 3.63) is 40.3 Å². The average molecular weight is 242 g/mol. The standard InChI is InChI=1S/C10H5Cl2NO2/c11-7-3-1-6(2-4-7)9-8(5-14)13-10(12)15-9/h1-5H. The molecule has 5 heteroatoms. The lowest BCUT2D eigenvalue weighted by atomic mass is 10.1. The van der Waals surface area contributed by atoms with E-state index in [2.05, 4.69) is 4.98 Å². The van der Waals surface area contributed by atoms with Crippen molar-refractivity contribution >= 4 is 29.5 Å². The molecule has 1 aromatic carbocycles. The van der Waals surface area contributed by atoms with Gasteiger partial charge >= 0.3 is 0 Å². The molecule has 15 heavy (non-hydrogen) atoms. The second-order valence-corrected chi connectivity index (χ2v) is 3.57. The number of nitrogens with zero attached hydrogens (tertiary/aromatic N) is 1. The molecule has 0 aliphatic rings. The van der Waals surface area contributed by atoms with Gasteiger partial charge in [0.05, 0.1) is 0 Å². The molecule has 1 aromatic heterocycles. The largest absolute Gasteiger partial charge is 0.427 e. The van der Waals surface area contributed by atoms with Crippen molar-refractivity contribution in [2.24, 2.45) is 0 Å². The third-order valence-corrected chi connectivity index (χ3v) is 2.26. The third-order valence-electron chi connectivity index (χ3n) is 1.85. The molecule has 0 fully saturated rings. The first-order valence-corrected chi connectivity index (χ1v) is 4.84. The van der Waals surface area contributed by atoms with Gasteiger partial charge in [0.1, 0.15) is 0 Å². The summed E-state index contributed by atoms with van der Waals surface area (Å²) in [5.41, 5.74) is 0.892. The van der Waals surface area contributed by atoms with Crippen molar-refractivity contribution in [2.45, 2.75) is 0 Å². The topological polar surface area (TPSA) is 43.1 Å². The highest BCUT2D eigenvalue weighted by Crippen LogP contribution is 2.26. The van der Waals surface area contributed by atoms with Crippen LogP contribution in [0, 0.1) is 0 Å². The number of aromatic nitrogens is 1. The highest BCUT2D eigenvalue weighted by Gasteiger charge is 2.12. The molecular weight excluding hydrogens is 237 g/mol. The van der Waals surface area contributed by atoms with Crippen LogP contribution >= 0.6 is 23.2 Å². The Kier molecular flexibility index (Phi) is 2.75. The smallest absolute Gasteiger partial charge is 0.293 e.